The zero-order chi connectivity index (χ0) is 11.3. The molecule has 1 saturated heterocycles. The molecule has 0 aliphatic carbocycles. The van der Waals surface area contributed by atoms with Crippen LogP contribution in [0.1, 0.15) is 39.5 Å². The zero-order valence-electron chi connectivity index (χ0n) is 10.4. The smallest absolute Gasteiger partial charge is 0.0400 e. The van der Waals surface area contributed by atoms with E-state index in [1.165, 1.54) is 32.2 Å². The molecule has 0 saturated carbocycles. The monoisotopic (exact) mass is 232 g/mol. The summed E-state index contributed by atoms with van der Waals surface area (Å²) in [6, 6.07) is 0.775. The van der Waals surface area contributed by atoms with Crippen LogP contribution in [0.2, 0.25) is 0 Å². The molecular weight excluding hydrogens is 208 g/mol. The summed E-state index contributed by atoms with van der Waals surface area (Å²) < 4.78 is 0. The molecule has 0 bridgehead atoms. The van der Waals surface area contributed by atoms with Crippen molar-refractivity contribution >= 4 is 11.6 Å². The van der Waals surface area contributed by atoms with Crippen LogP contribution >= 0.6 is 11.6 Å². The van der Waals surface area contributed by atoms with Gasteiger partial charge >= 0.3 is 0 Å². The molecule has 0 aromatic carbocycles. The number of hydrogen-bond acceptors (Lipinski definition) is 2. The average Bonchev–Trinajstić information content (AvgIpc) is 2.21. The lowest BCUT2D eigenvalue weighted by molar-refractivity contribution is 0.173. The predicted octanol–water partition coefficient (Wildman–Crippen LogP) is 2.47. The summed E-state index contributed by atoms with van der Waals surface area (Å²) in [4.78, 5) is 2.50. The number of piperidine rings is 1. The number of alkyl halides is 1. The van der Waals surface area contributed by atoms with Gasteiger partial charge in [0.15, 0.2) is 0 Å². The molecule has 1 fully saturated rings. The van der Waals surface area contributed by atoms with E-state index in [9.17, 15) is 0 Å². The van der Waals surface area contributed by atoms with Gasteiger partial charge in [0.05, 0.1) is 0 Å². The lowest BCUT2D eigenvalue weighted by Crippen LogP contribution is -2.44. The third kappa shape index (κ3) is 4.71. The van der Waals surface area contributed by atoms with Crippen molar-refractivity contribution in [3.05, 3.63) is 0 Å². The van der Waals surface area contributed by atoms with Gasteiger partial charge in [0.1, 0.15) is 0 Å². The highest BCUT2D eigenvalue weighted by Gasteiger charge is 2.20. The van der Waals surface area contributed by atoms with Gasteiger partial charge in [0.2, 0.25) is 0 Å². The summed E-state index contributed by atoms with van der Waals surface area (Å²) in [7, 11) is 2.25. The van der Waals surface area contributed by atoms with Gasteiger partial charge in [-0.2, -0.15) is 0 Å². The summed E-state index contributed by atoms with van der Waals surface area (Å²) in [5.74, 6) is 0.674. The van der Waals surface area contributed by atoms with Gasteiger partial charge in [-0.1, -0.05) is 6.42 Å². The normalized spacial score (nSPS) is 24.4. The maximum atomic E-state index is 5.87. The third-order valence-electron chi connectivity index (χ3n) is 3.34. The Balaban J connectivity index is 2.19. The van der Waals surface area contributed by atoms with Crippen LogP contribution < -0.4 is 5.32 Å². The number of rotatable bonds is 5. The van der Waals surface area contributed by atoms with Crippen LogP contribution in [0.15, 0.2) is 0 Å². The van der Waals surface area contributed by atoms with Crippen molar-refractivity contribution in [2.45, 2.75) is 51.1 Å². The first-order valence-electron chi connectivity index (χ1n) is 6.06. The zero-order valence-corrected chi connectivity index (χ0v) is 11.1. The Kier molecular flexibility index (Phi) is 5.37. The Bertz CT molecular complexity index is 182. The number of likely N-dealkylation sites (tertiary alicyclic amines) is 1. The van der Waals surface area contributed by atoms with E-state index in [1.807, 2.05) is 0 Å². The highest BCUT2D eigenvalue weighted by atomic mass is 35.5. The van der Waals surface area contributed by atoms with Crippen molar-refractivity contribution in [3.8, 4) is 0 Å². The van der Waals surface area contributed by atoms with Crippen molar-refractivity contribution in [1.29, 1.82) is 0 Å². The first kappa shape index (κ1) is 13.3. The lowest BCUT2D eigenvalue weighted by Gasteiger charge is -2.33. The molecule has 1 unspecified atom stereocenters. The van der Waals surface area contributed by atoms with Crippen LogP contribution in [-0.2, 0) is 0 Å². The fourth-order valence-corrected chi connectivity index (χ4v) is 2.23. The topological polar surface area (TPSA) is 15.3 Å². The van der Waals surface area contributed by atoms with E-state index in [2.05, 4.69) is 31.1 Å². The molecule has 1 N–H and O–H groups in total. The minimum absolute atomic E-state index is 0.0782. The van der Waals surface area contributed by atoms with Crippen molar-refractivity contribution in [3.63, 3.8) is 0 Å². The molecule has 0 aromatic rings. The molecule has 0 radical (unpaired) electrons. The molecule has 1 aliphatic rings. The number of nitrogens with zero attached hydrogens (tertiary/aromatic N) is 1. The van der Waals surface area contributed by atoms with Crippen LogP contribution in [0.3, 0.4) is 0 Å². The molecular formula is C12H25ClN2. The van der Waals surface area contributed by atoms with Crippen LogP contribution in [0, 0.1) is 0 Å². The quantitative estimate of drug-likeness (QED) is 0.733. The molecule has 90 valence electrons. The number of hydrogen-bond donors (Lipinski definition) is 1. The molecule has 1 heterocycles. The Morgan fingerprint density at radius 3 is 2.73 bits per heavy atom. The van der Waals surface area contributed by atoms with Crippen LogP contribution in [-0.4, -0.2) is 42.5 Å². The SMILES string of the molecule is CN1CCCCC1CCNC(C)(C)CCl. The molecule has 3 heteroatoms. The summed E-state index contributed by atoms with van der Waals surface area (Å²) in [6.45, 7) is 6.66. The average molecular weight is 233 g/mol. The van der Waals surface area contributed by atoms with Crippen LogP contribution in [0.5, 0.6) is 0 Å². The molecule has 2 nitrogen and oxygen atoms in total. The highest BCUT2D eigenvalue weighted by molar-refractivity contribution is 6.18. The summed E-state index contributed by atoms with van der Waals surface area (Å²) in [6.07, 6.45) is 5.37. The van der Waals surface area contributed by atoms with Gasteiger partial charge in [-0.15, -0.1) is 11.6 Å². The van der Waals surface area contributed by atoms with Crippen molar-refractivity contribution < 1.29 is 0 Å². The van der Waals surface area contributed by atoms with Crippen LogP contribution in [0.25, 0.3) is 0 Å². The van der Waals surface area contributed by atoms with E-state index in [4.69, 9.17) is 11.6 Å². The summed E-state index contributed by atoms with van der Waals surface area (Å²) in [5, 5.41) is 3.52. The van der Waals surface area contributed by atoms with E-state index >= 15 is 0 Å². The van der Waals surface area contributed by atoms with Gasteiger partial charge in [-0.25, -0.2) is 0 Å². The molecule has 0 amide bonds. The Morgan fingerprint density at radius 1 is 1.40 bits per heavy atom. The van der Waals surface area contributed by atoms with Crippen molar-refractivity contribution in [1.82, 2.24) is 10.2 Å². The number of halogens is 1. The Morgan fingerprint density at radius 2 is 2.13 bits per heavy atom. The Hall–Kier alpha value is 0.210. The molecule has 1 rings (SSSR count). The van der Waals surface area contributed by atoms with E-state index in [-0.39, 0.29) is 5.54 Å². The van der Waals surface area contributed by atoms with Gasteiger partial charge in [0.25, 0.3) is 0 Å². The summed E-state index contributed by atoms with van der Waals surface area (Å²) in [5.41, 5.74) is 0.0782. The van der Waals surface area contributed by atoms with E-state index in [1.54, 1.807) is 0 Å². The first-order valence-corrected chi connectivity index (χ1v) is 6.60. The second kappa shape index (κ2) is 6.07. The highest BCUT2D eigenvalue weighted by Crippen LogP contribution is 2.17. The maximum absolute atomic E-state index is 5.87. The van der Waals surface area contributed by atoms with Gasteiger partial charge < -0.3 is 10.2 Å². The van der Waals surface area contributed by atoms with Gasteiger partial charge in [-0.05, 0) is 53.2 Å². The minimum Gasteiger partial charge on any atom is -0.311 e. The lowest BCUT2D eigenvalue weighted by atomic mass is 9.99. The second-order valence-corrected chi connectivity index (χ2v) is 5.63. The first-order chi connectivity index (χ1) is 7.05. The van der Waals surface area contributed by atoms with E-state index in [0.717, 1.165) is 12.6 Å². The van der Waals surface area contributed by atoms with Gasteiger partial charge in [0, 0.05) is 17.5 Å². The summed E-state index contributed by atoms with van der Waals surface area (Å²) >= 11 is 5.87. The molecule has 0 aromatic heterocycles. The standard InChI is InChI=1S/C12H25ClN2/c1-12(2,10-13)14-8-7-11-6-4-5-9-15(11)3/h11,14H,4-10H2,1-3H3. The fourth-order valence-electron chi connectivity index (χ4n) is 2.13. The molecule has 1 aliphatic heterocycles. The van der Waals surface area contributed by atoms with Crippen molar-refractivity contribution in [2.75, 3.05) is 26.0 Å². The number of nitrogens with one attached hydrogen (secondary N) is 1. The predicted molar refractivity (Wildman–Crippen MR) is 67.7 cm³/mol. The van der Waals surface area contributed by atoms with Gasteiger partial charge in [-0.3, -0.25) is 0 Å². The fraction of sp³-hybridized carbons (Fsp3) is 1.00. The van der Waals surface area contributed by atoms with E-state index in [0.29, 0.717) is 5.88 Å². The maximum Gasteiger partial charge on any atom is 0.0400 e. The molecule has 1 atom stereocenters. The van der Waals surface area contributed by atoms with E-state index < -0.39 is 0 Å². The largest absolute Gasteiger partial charge is 0.311 e. The van der Waals surface area contributed by atoms with Crippen molar-refractivity contribution in [2.24, 2.45) is 0 Å². The third-order valence-corrected chi connectivity index (χ3v) is 4.00. The molecule has 0 spiro atoms. The Labute approximate surface area is 99.4 Å². The minimum atomic E-state index is 0.0782. The van der Waals surface area contributed by atoms with Crippen LogP contribution in [0.4, 0.5) is 0 Å². The molecule has 15 heavy (non-hydrogen) atoms. The second-order valence-electron chi connectivity index (χ2n) is 5.36.